The van der Waals surface area contributed by atoms with Gasteiger partial charge in [-0.05, 0) is 55.8 Å². The summed E-state index contributed by atoms with van der Waals surface area (Å²) < 4.78 is 11.0. The van der Waals surface area contributed by atoms with E-state index in [4.69, 9.17) is 21.1 Å². The maximum atomic E-state index is 12.6. The van der Waals surface area contributed by atoms with Crippen LogP contribution in [0.25, 0.3) is 6.08 Å². The zero-order valence-corrected chi connectivity index (χ0v) is 18.1. The fourth-order valence-electron chi connectivity index (χ4n) is 2.33. The van der Waals surface area contributed by atoms with E-state index < -0.39 is 11.9 Å². The van der Waals surface area contributed by atoms with Gasteiger partial charge in [-0.3, -0.25) is 4.79 Å². The van der Waals surface area contributed by atoms with Gasteiger partial charge < -0.3 is 14.8 Å². The van der Waals surface area contributed by atoms with Gasteiger partial charge in [0.05, 0.1) is 6.61 Å². The van der Waals surface area contributed by atoms with E-state index in [1.807, 2.05) is 13.0 Å². The number of benzene rings is 2. The molecular weight excluding hydrogens is 460 g/mol. The molecule has 0 aliphatic carbocycles. The number of hydrogen-bond donors (Lipinski definition) is 1. The Morgan fingerprint density at radius 1 is 1.28 bits per heavy atom. The van der Waals surface area contributed by atoms with Crippen LogP contribution in [0.1, 0.15) is 18.1 Å². The van der Waals surface area contributed by atoms with Crippen LogP contribution in [0, 0.1) is 18.3 Å². The summed E-state index contributed by atoms with van der Waals surface area (Å²) in [5, 5.41) is 12.6. The molecule has 0 heterocycles. The van der Waals surface area contributed by atoms with Gasteiger partial charge in [-0.1, -0.05) is 33.6 Å². The molecule has 2 aromatic rings. The summed E-state index contributed by atoms with van der Waals surface area (Å²) in [7, 11) is 0. The van der Waals surface area contributed by atoms with E-state index in [2.05, 4.69) is 21.2 Å². The lowest BCUT2D eigenvalue weighted by Crippen LogP contribution is -2.15. The molecule has 150 valence electrons. The van der Waals surface area contributed by atoms with Crippen LogP contribution in [-0.4, -0.2) is 25.1 Å². The lowest BCUT2D eigenvalue weighted by atomic mass is 10.1. The smallest absolute Gasteiger partial charge is 0.344 e. The molecule has 6 nitrogen and oxygen atoms in total. The van der Waals surface area contributed by atoms with Crippen molar-refractivity contribution in [2.45, 2.75) is 13.8 Å². The molecule has 0 radical (unpaired) electrons. The van der Waals surface area contributed by atoms with Crippen LogP contribution < -0.4 is 10.1 Å². The monoisotopic (exact) mass is 476 g/mol. The highest BCUT2D eigenvalue weighted by molar-refractivity contribution is 9.10. The van der Waals surface area contributed by atoms with Crippen molar-refractivity contribution in [3.8, 4) is 11.8 Å². The Morgan fingerprint density at radius 3 is 2.72 bits per heavy atom. The standard InChI is InChI=1S/C21H18BrClN2O4/c1-3-28-20(26)12-29-19-7-5-16(22)9-14(19)8-15(11-24)21(27)25-18-10-17(23)6-4-13(18)2/h4-10H,3,12H2,1-2H3,(H,25,27)/b15-8+. The van der Waals surface area contributed by atoms with Gasteiger partial charge in [-0.15, -0.1) is 0 Å². The average Bonchev–Trinajstić information content (AvgIpc) is 2.68. The summed E-state index contributed by atoms with van der Waals surface area (Å²) in [5.74, 6) is -0.769. The molecule has 1 N–H and O–H groups in total. The van der Waals surface area contributed by atoms with E-state index in [9.17, 15) is 14.9 Å². The van der Waals surface area contributed by atoms with Crippen molar-refractivity contribution >= 4 is 51.2 Å². The predicted octanol–water partition coefficient (Wildman–Crippen LogP) is 4.90. The number of halogens is 2. The van der Waals surface area contributed by atoms with Crippen LogP contribution in [0.3, 0.4) is 0 Å². The Kier molecular flexibility index (Phi) is 8.25. The van der Waals surface area contributed by atoms with Crippen molar-refractivity contribution in [1.29, 1.82) is 5.26 Å². The maximum Gasteiger partial charge on any atom is 0.344 e. The summed E-state index contributed by atoms with van der Waals surface area (Å²) >= 11 is 9.32. The average molecular weight is 478 g/mol. The highest BCUT2D eigenvalue weighted by atomic mass is 79.9. The molecule has 2 rings (SSSR count). The SMILES string of the molecule is CCOC(=O)COc1ccc(Br)cc1/C=C(\C#N)C(=O)Nc1cc(Cl)ccc1C. The summed E-state index contributed by atoms with van der Waals surface area (Å²) in [4.78, 5) is 24.1. The highest BCUT2D eigenvalue weighted by Crippen LogP contribution is 2.26. The lowest BCUT2D eigenvalue weighted by molar-refractivity contribution is -0.145. The van der Waals surface area contributed by atoms with Crippen LogP contribution >= 0.6 is 27.5 Å². The molecule has 0 bridgehead atoms. The number of nitrogens with zero attached hydrogens (tertiary/aromatic N) is 1. The Bertz CT molecular complexity index is 999. The molecule has 29 heavy (non-hydrogen) atoms. The summed E-state index contributed by atoms with van der Waals surface area (Å²) in [5.41, 5.74) is 1.64. The predicted molar refractivity (Wildman–Crippen MR) is 115 cm³/mol. The van der Waals surface area contributed by atoms with Crippen LogP contribution in [0.15, 0.2) is 46.4 Å². The van der Waals surface area contributed by atoms with Crippen molar-refractivity contribution in [2.24, 2.45) is 0 Å². The zero-order valence-electron chi connectivity index (χ0n) is 15.8. The second kappa shape index (κ2) is 10.6. The molecule has 0 unspecified atom stereocenters. The second-order valence-corrected chi connectivity index (χ2v) is 7.21. The van der Waals surface area contributed by atoms with Crippen LogP contribution in [-0.2, 0) is 14.3 Å². The Morgan fingerprint density at radius 2 is 2.03 bits per heavy atom. The van der Waals surface area contributed by atoms with Gasteiger partial charge in [0.2, 0.25) is 0 Å². The lowest BCUT2D eigenvalue weighted by Gasteiger charge is -2.11. The maximum absolute atomic E-state index is 12.6. The molecule has 0 saturated heterocycles. The van der Waals surface area contributed by atoms with E-state index >= 15 is 0 Å². The van der Waals surface area contributed by atoms with E-state index in [0.29, 0.717) is 22.0 Å². The van der Waals surface area contributed by atoms with E-state index in [1.54, 1.807) is 43.3 Å². The number of rotatable bonds is 7. The molecule has 0 aromatic heterocycles. The minimum absolute atomic E-state index is 0.136. The molecule has 0 spiro atoms. The van der Waals surface area contributed by atoms with Crippen molar-refractivity contribution in [2.75, 3.05) is 18.5 Å². The Labute approximate surface area is 182 Å². The molecule has 1 amide bonds. The van der Waals surface area contributed by atoms with Crippen LogP contribution in [0.4, 0.5) is 5.69 Å². The third-order valence-electron chi connectivity index (χ3n) is 3.74. The third-order valence-corrected chi connectivity index (χ3v) is 4.46. The molecule has 0 atom stereocenters. The van der Waals surface area contributed by atoms with Gasteiger partial charge in [0.25, 0.3) is 5.91 Å². The Hall–Kier alpha value is -2.82. The zero-order chi connectivity index (χ0) is 21.4. The fraction of sp³-hybridized carbons (Fsp3) is 0.190. The molecule has 8 heteroatoms. The number of nitrogens with one attached hydrogen (secondary N) is 1. The van der Waals surface area contributed by atoms with Crippen LogP contribution in [0.2, 0.25) is 5.02 Å². The van der Waals surface area contributed by atoms with Crippen LogP contribution in [0.5, 0.6) is 5.75 Å². The van der Waals surface area contributed by atoms with Crippen molar-refractivity contribution in [1.82, 2.24) is 0 Å². The van der Waals surface area contributed by atoms with E-state index in [1.165, 1.54) is 6.08 Å². The van der Waals surface area contributed by atoms with Gasteiger partial charge in [-0.2, -0.15) is 5.26 Å². The first-order valence-corrected chi connectivity index (χ1v) is 9.78. The minimum atomic E-state index is -0.589. The quantitative estimate of drug-likeness (QED) is 0.348. The number of esters is 1. The largest absolute Gasteiger partial charge is 0.481 e. The summed E-state index contributed by atoms with van der Waals surface area (Å²) in [6.45, 7) is 3.48. The van der Waals surface area contributed by atoms with Crippen molar-refractivity contribution < 1.29 is 19.1 Å². The molecule has 2 aromatic carbocycles. The second-order valence-electron chi connectivity index (χ2n) is 5.86. The van der Waals surface area contributed by atoms with E-state index in [-0.39, 0.29) is 18.8 Å². The number of anilines is 1. The first kappa shape index (κ1) is 22.5. The third kappa shape index (κ3) is 6.63. The highest BCUT2D eigenvalue weighted by Gasteiger charge is 2.14. The molecular formula is C21H18BrClN2O4. The normalized spacial score (nSPS) is 10.8. The fourth-order valence-corrected chi connectivity index (χ4v) is 2.88. The number of aryl methyl sites for hydroxylation is 1. The number of nitriles is 1. The van der Waals surface area contributed by atoms with E-state index in [0.717, 1.165) is 10.0 Å². The Balaban J connectivity index is 2.28. The number of ether oxygens (including phenoxy) is 2. The topological polar surface area (TPSA) is 88.4 Å². The molecule has 0 aliphatic heterocycles. The number of hydrogen-bond acceptors (Lipinski definition) is 5. The van der Waals surface area contributed by atoms with Gasteiger partial charge in [0.1, 0.15) is 17.4 Å². The first-order valence-electron chi connectivity index (χ1n) is 8.61. The summed E-state index contributed by atoms with van der Waals surface area (Å²) in [6, 6.07) is 12.0. The van der Waals surface area contributed by atoms with Gasteiger partial charge in [0, 0.05) is 20.7 Å². The first-order chi connectivity index (χ1) is 13.8. The molecule has 0 aliphatic rings. The molecule has 0 saturated carbocycles. The van der Waals surface area contributed by atoms with Crippen molar-refractivity contribution in [3.63, 3.8) is 0 Å². The molecule has 0 fully saturated rings. The van der Waals surface area contributed by atoms with Gasteiger partial charge >= 0.3 is 5.97 Å². The van der Waals surface area contributed by atoms with Crippen molar-refractivity contribution in [3.05, 3.63) is 62.6 Å². The number of amides is 1. The number of carbonyl (C=O) groups excluding carboxylic acids is 2. The number of carbonyl (C=O) groups is 2. The van der Waals surface area contributed by atoms with Gasteiger partial charge in [-0.25, -0.2) is 4.79 Å². The van der Waals surface area contributed by atoms with Gasteiger partial charge in [0.15, 0.2) is 6.61 Å². The minimum Gasteiger partial charge on any atom is -0.481 e. The summed E-state index contributed by atoms with van der Waals surface area (Å²) in [6.07, 6.45) is 1.39.